The summed E-state index contributed by atoms with van der Waals surface area (Å²) in [4.78, 5) is 21.7. The number of sulfonamides is 1. The van der Waals surface area contributed by atoms with Crippen LogP contribution in [-0.2, 0) is 10.0 Å². The molecular formula is C25H28N4O4S. The number of anilines is 1. The van der Waals surface area contributed by atoms with Crippen molar-refractivity contribution in [2.45, 2.75) is 17.7 Å². The van der Waals surface area contributed by atoms with E-state index in [4.69, 9.17) is 4.74 Å². The van der Waals surface area contributed by atoms with E-state index in [-0.39, 0.29) is 22.2 Å². The van der Waals surface area contributed by atoms with E-state index in [1.54, 1.807) is 36.5 Å². The van der Waals surface area contributed by atoms with Crippen molar-refractivity contribution in [1.29, 1.82) is 0 Å². The minimum atomic E-state index is -3.93. The maximum Gasteiger partial charge on any atom is 0.264 e. The van der Waals surface area contributed by atoms with Crippen molar-refractivity contribution in [2.24, 2.45) is 5.92 Å². The molecule has 0 spiro atoms. The Morgan fingerprint density at radius 1 is 1.09 bits per heavy atom. The standard InChI is InChI=1S/C25H28N4O4S/c1-33-22-16-20(25(30)29-14-12-28(13-15-29)17-18-7-8-18)9-10-21(22)27-34(31,32)23-6-2-4-19-5-3-11-26-24(19)23/h2-6,9-11,16,18,27H,7-8,12-15,17H2,1H3. The first-order valence-electron chi connectivity index (χ1n) is 11.5. The van der Waals surface area contributed by atoms with Gasteiger partial charge in [0.2, 0.25) is 0 Å². The van der Waals surface area contributed by atoms with Crippen molar-refractivity contribution in [2.75, 3.05) is 44.6 Å². The van der Waals surface area contributed by atoms with Crippen molar-refractivity contribution < 1.29 is 17.9 Å². The molecule has 0 unspecified atom stereocenters. The van der Waals surface area contributed by atoms with Crippen LogP contribution in [0.2, 0.25) is 0 Å². The van der Waals surface area contributed by atoms with E-state index < -0.39 is 10.0 Å². The Morgan fingerprint density at radius 3 is 2.59 bits per heavy atom. The topological polar surface area (TPSA) is 91.8 Å². The lowest BCUT2D eigenvalue weighted by Gasteiger charge is -2.34. The maximum absolute atomic E-state index is 13.2. The number of nitrogens with zero attached hydrogens (tertiary/aromatic N) is 3. The number of benzene rings is 2. The predicted molar refractivity (Wildman–Crippen MR) is 131 cm³/mol. The number of aromatic nitrogens is 1. The summed E-state index contributed by atoms with van der Waals surface area (Å²) < 4.78 is 34.4. The smallest absolute Gasteiger partial charge is 0.264 e. The number of hydrogen-bond donors (Lipinski definition) is 1. The normalized spacial score (nSPS) is 17.0. The zero-order chi connectivity index (χ0) is 23.7. The van der Waals surface area contributed by atoms with Gasteiger partial charge in [-0.1, -0.05) is 18.2 Å². The highest BCUT2D eigenvalue weighted by Gasteiger charge is 2.28. The van der Waals surface area contributed by atoms with Crippen LogP contribution in [0.4, 0.5) is 5.69 Å². The minimum absolute atomic E-state index is 0.0722. The second-order valence-electron chi connectivity index (χ2n) is 8.89. The number of nitrogens with one attached hydrogen (secondary N) is 1. The number of amides is 1. The van der Waals surface area contributed by atoms with Gasteiger partial charge in [0.25, 0.3) is 15.9 Å². The number of fused-ring (bicyclic) bond motifs is 1. The van der Waals surface area contributed by atoms with Crippen molar-refractivity contribution in [1.82, 2.24) is 14.8 Å². The van der Waals surface area contributed by atoms with Gasteiger partial charge in [0.15, 0.2) is 0 Å². The third-order valence-electron chi connectivity index (χ3n) is 6.45. The monoisotopic (exact) mass is 480 g/mol. The zero-order valence-electron chi connectivity index (χ0n) is 19.1. The molecule has 34 heavy (non-hydrogen) atoms. The third-order valence-corrected chi connectivity index (χ3v) is 7.85. The molecule has 2 aliphatic rings. The van der Waals surface area contributed by atoms with E-state index in [0.717, 1.165) is 30.9 Å². The van der Waals surface area contributed by atoms with Gasteiger partial charge in [0.1, 0.15) is 10.6 Å². The van der Waals surface area contributed by atoms with Crippen LogP contribution in [0.3, 0.4) is 0 Å². The number of ether oxygens (including phenoxy) is 1. The fourth-order valence-corrected chi connectivity index (χ4v) is 5.63. The van der Waals surface area contributed by atoms with Crippen LogP contribution in [0.25, 0.3) is 10.9 Å². The Hall–Kier alpha value is -3.17. The summed E-state index contributed by atoms with van der Waals surface area (Å²) in [5.74, 6) is 1.06. The van der Waals surface area contributed by atoms with Gasteiger partial charge >= 0.3 is 0 Å². The minimum Gasteiger partial charge on any atom is -0.495 e. The molecule has 0 bridgehead atoms. The van der Waals surface area contributed by atoms with Crippen LogP contribution in [-0.4, -0.2) is 68.9 Å². The number of methoxy groups -OCH3 is 1. The average Bonchev–Trinajstić information content (AvgIpc) is 3.68. The molecule has 2 heterocycles. The highest BCUT2D eigenvalue weighted by molar-refractivity contribution is 7.93. The summed E-state index contributed by atoms with van der Waals surface area (Å²) >= 11 is 0. The summed E-state index contributed by atoms with van der Waals surface area (Å²) in [6.07, 6.45) is 4.21. The molecule has 1 aromatic heterocycles. The van der Waals surface area contributed by atoms with Gasteiger partial charge in [-0.15, -0.1) is 0 Å². The van der Waals surface area contributed by atoms with E-state index in [9.17, 15) is 13.2 Å². The molecule has 1 saturated heterocycles. The molecule has 3 aromatic rings. The molecule has 2 fully saturated rings. The number of pyridine rings is 1. The first-order valence-corrected chi connectivity index (χ1v) is 13.0. The molecule has 5 rings (SSSR count). The first-order chi connectivity index (χ1) is 16.4. The molecule has 1 aliphatic heterocycles. The molecule has 9 heteroatoms. The highest BCUT2D eigenvalue weighted by Crippen LogP contribution is 2.31. The fourth-order valence-electron chi connectivity index (χ4n) is 4.38. The van der Waals surface area contributed by atoms with Crippen LogP contribution >= 0.6 is 0 Å². The van der Waals surface area contributed by atoms with Gasteiger partial charge in [-0.25, -0.2) is 8.42 Å². The first kappa shape index (κ1) is 22.6. The van der Waals surface area contributed by atoms with Crippen molar-refractivity contribution in [3.8, 4) is 5.75 Å². The van der Waals surface area contributed by atoms with E-state index in [0.29, 0.717) is 24.2 Å². The number of hydrogen-bond acceptors (Lipinski definition) is 6. The largest absolute Gasteiger partial charge is 0.495 e. The van der Waals surface area contributed by atoms with Crippen LogP contribution in [0, 0.1) is 5.92 Å². The van der Waals surface area contributed by atoms with E-state index >= 15 is 0 Å². The van der Waals surface area contributed by atoms with Crippen molar-refractivity contribution >= 4 is 32.5 Å². The molecule has 8 nitrogen and oxygen atoms in total. The highest BCUT2D eigenvalue weighted by atomic mass is 32.2. The zero-order valence-corrected chi connectivity index (χ0v) is 19.9. The molecule has 0 atom stereocenters. The SMILES string of the molecule is COc1cc(C(=O)N2CCN(CC3CC3)CC2)ccc1NS(=O)(=O)c1cccc2cccnc12. The Balaban J connectivity index is 1.33. The molecule has 2 aromatic carbocycles. The quantitative estimate of drug-likeness (QED) is 0.558. The van der Waals surface area contributed by atoms with Gasteiger partial charge in [-0.05, 0) is 49.1 Å². The third kappa shape index (κ3) is 4.71. The molecule has 1 saturated carbocycles. The molecule has 0 radical (unpaired) electrons. The second-order valence-corrected chi connectivity index (χ2v) is 10.5. The second kappa shape index (κ2) is 9.23. The number of carbonyl (C=O) groups excluding carboxylic acids is 1. The van der Waals surface area contributed by atoms with Gasteiger partial charge in [-0.2, -0.15) is 0 Å². The molecule has 1 aliphatic carbocycles. The summed E-state index contributed by atoms with van der Waals surface area (Å²) in [7, 11) is -2.47. The van der Waals surface area contributed by atoms with E-state index in [1.807, 2.05) is 17.0 Å². The molecule has 1 amide bonds. The maximum atomic E-state index is 13.2. The van der Waals surface area contributed by atoms with E-state index in [2.05, 4.69) is 14.6 Å². The summed E-state index contributed by atoms with van der Waals surface area (Å²) in [6, 6.07) is 13.4. The summed E-state index contributed by atoms with van der Waals surface area (Å²) in [5, 5.41) is 0.732. The molecule has 178 valence electrons. The molecule has 1 N–H and O–H groups in total. The summed E-state index contributed by atoms with van der Waals surface area (Å²) in [6.45, 7) is 4.29. The number of para-hydroxylation sites is 1. The lowest BCUT2D eigenvalue weighted by molar-refractivity contribution is 0.0631. The lowest BCUT2D eigenvalue weighted by atomic mass is 10.1. The summed E-state index contributed by atoms with van der Waals surface area (Å²) in [5.41, 5.74) is 1.13. The van der Waals surface area contributed by atoms with Gasteiger partial charge < -0.3 is 9.64 Å². The predicted octanol–water partition coefficient (Wildman–Crippen LogP) is 3.21. The van der Waals surface area contributed by atoms with Crippen LogP contribution in [0.1, 0.15) is 23.2 Å². The lowest BCUT2D eigenvalue weighted by Crippen LogP contribution is -2.49. The fraction of sp³-hybridized carbons (Fsp3) is 0.360. The van der Waals surface area contributed by atoms with Gasteiger partial charge in [0.05, 0.1) is 18.3 Å². The van der Waals surface area contributed by atoms with Crippen molar-refractivity contribution in [3.63, 3.8) is 0 Å². The van der Waals surface area contributed by atoms with Crippen LogP contribution in [0.15, 0.2) is 59.6 Å². The van der Waals surface area contributed by atoms with Crippen LogP contribution in [0.5, 0.6) is 5.75 Å². The Labute approximate surface area is 199 Å². The number of carbonyl (C=O) groups is 1. The van der Waals surface area contributed by atoms with Gasteiger partial charge in [-0.3, -0.25) is 19.4 Å². The van der Waals surface area contributed by atoms with Gasteiger partial charge in [0, 0.05) is 49.9 Å². The number of piperazine rings is 1. The Kier molecular flexibility index (Phi) is 6.14. The van der Waals surface area contributed by atoms with Crippen LogP contribution < -0.4 is 9.46 Å². The Bertz CT molecular complexity index is 1310. The average molecular weight is 481 g/mol. The number of rotatable bonds is 7. The Morgan fingerprint density at radius 2 is 1.85 bits per heavy atom. The van der Waals surface area contributed by atoms with E-state index in [1.165, 1.54) is 26.0 Å². The van der Waals surface area contributed by atoms with Crippen molar-refractivity contribution in [3.05, 3.63) is 60.3 Å². The molecular weight excluding hydrogens is 452 g/mol.